The first-order chi connectivity index (χ1) is 19.2. The zero-order chi connectivity index (χ0) is 29.9. The highest BCUT2D eigenvalue weighted by Crippen LogP contribution is 2.73. The lowest BCUT2D eigenvalue weighted by Crippen LogP contribution is -2.57. The SMILES string of the molecule is COC(=O)CC1C(C)=CC(=CC2=CC(OC(C)=O)C(OC(C)=O)C3(C)C(c4ccoc4)CC4OC243)C(=O)OC1(C)C. The number of carbonyl (C=O) groups excluding carboxylic acids is 4. The Bertz CT molecular complexity index is 1360. The third kappa shape index (κ3) is 4.62. The normalized spacial score (nSPS) is 36.1. The molecule has 0 radical (unpaired) electrons. The van der Waals surface area contributed by atoms with Crippen molar-refractivity contribution in [2.45, 2.75) is 89.8 Å². The number of cyclic esters (lactones) is 1. The van der Waals surface area contributed by atoms with E-state index in [4.69, 9.17) is 28.1 Å². The van der Waals surface area contributed by atoms with E-state index in [0.29, 0.717) is 12.0 Å². The van der Waals surface area contributed by atoms with Crippen molar-refractivity contribution < 1.29 is 47.3 Å². The van der Waals surface area contributed by atoms with Crippen LogP contribution in [0.3, 0.4) is 0 Å². The molecule has 1 spiro atoms. The van der Waals surface area contributed by atoms with Crippen LogP contribution in [0.4, 0.5) is 0 Å². The molecule has 0 N–H and O–H groups in total. The lowest BCUT2D eigenvalue weighted by Gasteiger charge is -2.48. The van der Waals surface area contributed by atoms with Gasteiger partial charge in [-0.05, 0) is 62.6 Å². The third-order valence-corrected chi connectivity index (χ3v) is 9.17. The summed E-state index contributed by atoms with van der Waals surface area (Å²) in [4.78, 5) is 50.2. The molecule has 5 rings (SSSR count). The summed E-state index contributed by atoms with van der Waals surface area (Å²) in [6.07, 6.45) is 7.01. The van der Waals surface area contributed by atoms with Crippen LogP contribution in [0.15, 0.2) is 58.0 Å². The molecule has 41 heavy (non-hydrogen) atoms. The van der Waals surface area contributed by atoms with E-state index in [1.165, 1.54) is 21.0 Å². The molecule has 2 aliphatic carbocycles. The molecule has 1 saturated carbocycles. The van der Waals surface area contributed by atoms with E-state index in [-0.39, 0.29) is 24.0 Å². The standard InChI is InChI=1S/C31H36O10/c1-16-10-20(28(35)41-29(4,5)22(16)14-26(34)36-7)11-21-12-24(38-17(2)32)27(39-18(3)33)30(6)23(19-8-9-37-15-19)13-25-31(21,30)40-25/h8-12,15,22-25,27H,13-14H2,1-7H3. The minimum absolute atomic E-state index is 0.0489. The van der Waals surface area contributed by atoms with Gasteiger partial charge in [0.1, 0.15) is 11.2 Å². The van der Waals surface area contributed by atoms with Gasteiger partial charge in [0.05, 0.1) is 43.1 Å². The molecular weight excluding hydrogens is 532 g/mol. The van der Waals surface area contributed by atoms with Gasteiger partial charge in [-0.15, -0.1) is 0 Å². The number of hydrogen-bond donors (Lipinski definition) is 0. The number of rotatable bonds is 6. The van der Waals surface area contributed by atoms with Crippen LogP contribution < -0.4 is 0 Å². The van der Waals surface area contributed by atoms with Crippen LogP contribution in [-0.2, 0) is 42.9 Å². The van der Waals surface area contributed by atoms with Gasteiger partial charge in [-0.25, -0.2) is 4.79 Å². The van der Waals surface area contributed by atoms with Gasteiger partial charge in [0.2, 0.25) is 0 Å². The summed E-state index contributed by atoms with van der Waals surface area (Å²) in [6.45, 7) is 9.96. The molecule has 1 aromatic heterocycles. The van der Waals surface area contributed by atoms with Crippen molar-refractivity contribution in [2.75, 3.05) is 7.11 Å². The van der Waals surface area contributed by atoms with Crippen LogP contribution in [0.2, 0.25) is 0 Å². The van der Waals surface area contributed by atoms with Gasteiger partial charge < -0.3 is 28.1 Å². The quantitative estimate of drug-likeness (QED) is 0.214. The predicted octanol–water partition coefficient (Wildman–Crippen LogP) is 4.10. The van der Waals surface area contributed by atoms with Crippen LogP contribution in [0, 0.1) is 11.3 Å². The first kappa shape index (κ1) is 28.9. The van der Waals surface area contributed by atoms with Gasteiger partial charge in [-0.1, -0.05) is 12.5 Å². The summed E-state index contributed by atoms with van der Waals surface area (Å²) >= 11 is 0. The molecule has 220 valence electrons. The highest BCUT2D eigenvalue weighted by molar-refractivity contribution is 5.93. The highest BCUT2D eigenvalue weighted by atomic mass is 16.6. The Morgan fingerprint density at radius 1 is 1.12 bits per heavy atom. The smallest absolute Gasteiger partial charge is 0.338 e. The summed E-state index contributed by atoms with van der Waals surface area (Å²) in [5.74, 6) is -2.59. The lowest BCUT2D eigenvalue weighted by atomic mass is 9.60. The maximum absolute atomic E-state index is 13.5. The van der Waals surface area contributed by atoms with Gasteiger partial charge >= 0.3 is 23.9 Å². The predicted molar refractivity (Wildman–Crippen MR) is 143 cm³/mol. The topological polar surface area (TPSA) is 131 Å². The number of esters is 4. The molecule has 2 fully saturated rings. The molecular formula is C31H36O10. The first-order valence-corrected chi connectivity index (χ1v) is 13.7. The minimum atomic E-state index is -0.978. The van der Waals surface area contributed by atoms with Crippen molar-refractivity contribution in [1.29, 1.82) is 0 Å². The van der Waals surface area contributed by atoms with E-state index in [9.17, 15) is 19.2 Å². The maximum Gasteiger partial charge on any atom is 0.338 e. The average molecular weight is 569 g/mol. The second kappa shape index (κ2) is 10.0. The molecule has 10 heteroatoms. The number of ether oxygens (including phenoxy) is 5. The van der Waals surface area contributed by atoms with Crippen molar-refractivity contribution in [3.8, 4) is 0 Å². The Kier molecular flexibility index (Phi) is 7.04. The first-order valence-electron chi connectivity index (χ1n) is 13.7. The van der Waals surface area contributed by atoms with Gasteiger partial charge in [0.25, 0.3) is 0 Å². The maximum atomic E-state index is 13.5. The second-order valence-electron chi connectivity index (χ2n) is 12.0. The number of hydrogen-bond acceptors (Lipinski definition) is 10. The van der Waals surface area contributed by atoms with Gasteiger partial charge in [0.15, 0.2) is 12.2 Å². The van der Waals surface area contributed by atoms with Crippen LogP contribution in [0.5, 0.6) is 0 Å². The van der Waals surface area contributed by atoms with E-state index in [0.717, 1.165) is 11.1 Å². The van der Waals surface area contributed by atoms with Gasteiger partial charge in [-0.3, -0.25) is 14.4 Å². The van der Waals surface area contributed by atoms with Crippen molar-refractivity contribution in [2.24, 2.45) is 11.3 Å². The van der Waals surface area contributed by atoms with Crippen molar-refractivity contribution >= 4 is 23.9 Å². The van der Waals surface area contributed by atoms with Crippen molar-refractivity contribution in [3.63, 3.8) is 0 Å². The van der Waals surface area contributed by atoms with E-state index >= 15 is 0 Å². The average Bonchev–Trinajstić information content (AvgIpc) is 3.24. The van der Waals surface area contributed by atoms with E-state index in [1.54, 1.807) is 44.6 Å². The fourth-order valence-electron chi connectivity index (χ4n) is 7.31. The molecule has 1 aromatic rings. The minimum Gasteiger partial charge on any atom is -0.472 e. The summed E-state index contributed by atoms with van der Waals surface area (Å²) in [6, 6.07) is 1.87. The lowest BCUT2D eigenvalue weighted by molar-refractivity contribution is -0.180. The van der Waals surface area contributed by atoms with E-state index in [2.05, 4.69) is 0 Å². The molecule has 7 unspecified atom stereocenters. The zero-order valence-corrected chi connectivity index (χ0v) is 24.3. The fraction of sp³-hybridized carbons (Fsp3) is 0.548. The summed E-state index contributed by atoms with van der Waals surface area (Å²) in [5.41, 5.74) is -0.200. The van der Waals surface area contributed by atoms with E-state index < -0.39 is 58.6 Å². The second-order valence-corrected chi connectivity index (χ2v) is 12.0. The van der Waals surface area contributed by atoms with Gasteiger partial charge in [0, 0.05) is 25.7 Å². The largest absolute Gasteiger partial charge is 0.472 e. The van der Waals surface area contributed by atoms with E-state index in [1.807, 2.05) is 19.9 Å². The summed E-state index contributed by atoms with van der Waals surface area (Å²) in [5, 5.41) is 0. The monoisotopic (exact) mass is 568 g/mol. The molecule has 7 atom stereocenters. The molecule has 0 bridgehead atoms. The number of methoxy groups -OCH3 is 1. The Morgan fingerprint density at radius 2 is 1.83 bits per heavy atom. The molecule has 1 saturated heterocycles. The summed E-state index contributed by atoms with van der Waals surface area (Å²) < 4.78 is 34.2. The zero-order valence-electron chi connectivity index (χ0n) is 24.3. The molecule has 0 aromatic carbocycles. The molecule has 0 amide bonds. The number of epoxide rings is 1. The Labute approximate surface area is 238 Å². The molecule has 3 heterocycles. The summed E-state index contributed by atoms with van der Waals surface area (Å²) in [7, 11) is 1.32. The molecule has 4 aliphatic rings. The number of furan rings is 1. The Morgan fingerprint density at radius 3 is 2.44 bits per heavy atom. The van der Waals surface area contributed by atoms with Gasteiger partial charge in [-0.2, -0.15) is 0 Å². The van der Waals surface area contributed by atoms with Crippen LogP contribution >= 0.6 is 0 Å². The third-order valence-electron chi connectivity index (χ3n) is 9.17. The highest BCUT2D eigenvalue weighted by Gasteiger charge is 2.81. The number of carbonyl (C=O) groups is 4. The van der Waals surface area contributed by atoms with Crippen LogP contribution in [0.1, 0.15) is 65.9 Å². The fourth-order valence-corrected chi connectivity index (χ4v) is 7.31. The Hall–Kier alpha value is -3.66. The Balaban J connectivity index is 1.65. The van der Waals surface area contributed by atoms with Crippen molar-refractivity contribution in [1.82, 2.24) is 0 Å². The van der Waals surface area contributed by atoms with Crippen LogP contribution in [0.25, 0.3) is 0 Å². The van der Waals surface area contributed by atoms with Crippen molar-refractivity contribution in [3.05, 3.63) is 59.1 Å². The molecule has 10 nitrogen and oxygen atoms in total. The van der Waals surface area contributed by atoms with Crippen LogP contribution in [-0.4, -0.2) is 60.5 Å². The molecule has 2 aliphatic heterocycles.